The smallest absolute Gasteiger partial charge is 0.417 e. The molecule has 4 aromatic rings. The number of benzene rings is 4. The molecule has 0 radical (unpaired) electrons. The fourth-order valence-corrected chi connectivity index (χ4v) is 5.56. The van der Waals surface area contributed by atoms with Crippen LogP contribution in [0.4, 0.5) is 40.8 Å². The monoisotopic (exact) mass is 667 g/mol. The first-order valence-electron chi connectivity index (χ1n) is 13.5. The topological polar surface area (TPSA) is 53.9 Å². The predicted molar refractivity (Wildman–Crippen MR) is 155 cm³/mol. The summed E-state index contributed by atoms with van der Waals surface area (Å²) in [5.41, 5.74) is -1.63. The lowest BCUT2D eigenvalue weighted by Gasteiger charge is -2.33. The molecule has 1 atom stereocenters. The second-order valence-corrected chi connectivity index (χ2v) is 10.7. The number of alkyl halides is 8. The molecule has 14 heteroatoms. The number of hydrogen-bond donors (Lipinski definition) is 1. The second-order valence-electron chi connectivity index (χ2n) is 10.3. The van der Waals surface area contributed by atoms with E-state index in [9.17, 15) is 39.9 Å². The van der Waals surface area contributed by atoms with Crippen molar-refractivity contribution < 1.29 is 44.7 Å². The van der Waals surface area contributed by atoms with E-state index in [0.717, 1.165) is 36.4 Å². The van der Waals surface area contributed by atoms with Crippen LogP contribution in [0.2, 0.25) is 5.02 Å². The second kappa shape index (κ2) is 12.6. The maximum absolute atomic E-state index is 13.5. The number of carbonyl (C=O) groups excluding carboxylic acids is 1. The molecule has 5 rings (SSSR count). The molecule has 5 nitrogen and oxygen atoms in total. The Hall–Kier alpha value is -4.65. The summed E-state index contributed by atoms with van der Waals surface area (Å²) < 4.78 is 110. The van der Waals surface area contributed by atoms with E-state index >= 15 is 0 Å². The van der Waals surface area contributed by atoms with Crippen LogP contribution in [0, 0.1) is 0 Å². The third-order valence-corrected chi connectivity index (χ3v) is 7.59. The zero-order chi connectivity index (χ0) is 33.3. The van der Waals surface area contributed by atoms with Gasteiger partial charge < -0.3 is 10.1 Å². The third kappa shape index (κ3) is 6.94. The first-order chi connectivity index (χ1) is 21.7. The Bertz CT molecular complexity index is 1730. The van der Waals surface area contributed by atoms with Gasteiger partial charge in [0.15, 0.2) is 0 Å². The van der Waals surface area contributed by atoms with Crippen LogP contribution in [0.5, 0.6) is 5.75 Å². The molecule has 1 unspecified atom stereocenters. The summed E-state index contributed by atoms with van der Waals surface area (Å²) in [6, 6.07) is 21.3. The van der Waals surface area contributed by atoms with E-state index in [1.807, 2.05) is 0 Å². The predicted octanol–water partition coefficient (Wildman–Crippen LogP) is 8.62. The Morgan fingerprint density at radius 1 is 0.870 bits per heavy atom. The van der Waals surface area contributed by atoms with E-state index in [2.05, 4.69) is 15.2 Å². The van der Waals surface area contributed by atoms with Gasteiger partial charge in [-0.3, -0.25) is 9.80 Å². The van der Waals surface area contributed by atoms with Crippen LogP contribution in [0.25, 0.3) is 0 Å². The molecule has 0 aliphatic carbocycles. The number of ether oxygens (including phenoxy) is 1. The van der Waals surface area contributed by atoms with Crippen molar-refractivity contribution in [3.05, 3.63) is 130 Å². The number of nitrogens with one attached hydrogen (secondary N) is 1. The number of nitrogens with zero attached hydrogens (tertiary/aromatic N) is 2. The lowest BCUT2D eigenvalue weighted by molar-refractivity contribution is -0.138. The van der Waals surface area contributed by atoms with E-state index < -0.39 is 53.0 Å². The molecule has 0 fully saturated rings. The van der Waals surface area contributed by atoms with Crippen LogP contribution in [0.3, 0.4) is 0 Å². The summed E-state index contributed by atoms with van der Waals surface area (Å²) in [5, 5.41) is 7.93. The Kier molecular flexibility index (Phi) is 8.98. The largest absolute Gasteiger partial charge is 0.435 e. The highest BCUT2D eigenvalue weighted by molar-refractivity contribution is 6.32. The van der Waals surface area contributed by atoms with Crippen LogP contribution in [0.15, 0.2) is 102 Å². The van der Waals surface area contributed by atoms with Crippen LogP contribution in [-0.4, -0.2) is 36.3 Å². The van der Waals surface area contributed by atoms with Crippen molar-refractivity contribution in [1.29, 1.82) is 0 Å². The molecule has 1 N–H and O–H groups in total. The Morgan fingerprint density at radius 3 is 2.07 bits per heavy atom. The van der Waals surface area contributed by atoms with Gasteiger partial charge in [0.25, 0.3) is 0 Å². The molecule has 0 bridgehead atoms. The van der Waals surface area contributed by atoms with Crippen molar-refractivity contribution in [2.24, 2.45) is 5.10 Å². The zero-order valence-electron chi connectivity index (χ0n) is 23.3. The number of rotatable bonds is 8. The molecule has 1 aliphatic heterocycles. The Balaban J connectivity index is 1.56. The maximum atomic E-state index is 13.5. The van der Waals surface area contributed by atoms with Gasteiger partial charge in [-0.15, -0.1) is 0 Å². The van der Waals surface area contributed by atoms with Gasteiger partial charge in [0.2, 0.25) is 5.91 Å². The molecule has 1 amide bonds. The average Bonchev–Trinajstić information content (AvgIpc) is 3.36. The number of amides is 1. The molecular weight excluding hydrogens is 646 g/mol. The van der Waals surface area contributed by atoms with Crippen LogP contribution in [0.1, 0.15) is 27.8 Å². The van der Waals surface area contributed by atoms with Gasteiger partial charge in [-0.2, -0.15) is 40.2 Å². The van der Waals surface area contributed by atoms with E-state index in [-0.39, 0.29) is 29.3 Å². The quantitative estimate of drug-likeness (QED) is 0.192. The summed E-state index contributed by atoms with van der Waals surface area (Å²) in [6.07, 6.45) is -9.29. The first-order valence-corrected chi connectivity index (χ1v) is 13.8. The normalized spacial score (nSPS) is 16.8. The minimum absolute atomic E-state index is 0.0412. The Morgan fingerprint density at radius 2 is 1.50 bits per heavy atom. The van der Waals surface area contributed by atoms with Crippen molar-refractivity contribution in [2.75, 3.05) is 18.4 Å². The van der Waals surface area contributed by atoms with E-state index in [1.54, 1.807) is 30.3 Å². The molecule has 1 heterocycles. The highest BCUT2D eigenvalue weighted by Gasteiger charge is 2.47. The SMILES string of the molecule is O=C(CN1CC(c2ccccc2)(c2ccc(OC(F)F)cc2)C(c2ccc(C(F)(F)F)c(Cl)c2)=N1)Nc1ccc(C(F)(F)F)cc1. The van der Waals surface area contributed by atoms with Crippen molar-refractivity contribution in [3.63, 3.8) is 0 Å². The van der Waals surface area contributed by atoms with Crippen molar-refractivity contribution in [2.45, 2.75) is 24.4 Å². The van der Waals surface area contributed by atoms with Crippen molar-refractivity contribution in [1.82, 2.24) is 5.01 Å². The van der Waals surface area contributed by atoms with Crippen LogP contribution < -0.4 is 10.1 Å². The van der Waals surface area contributed by atoms with Gasteiger partial charge in [0, 0.05) is 11.3 Å². The fourth-order valence-electron chi connectivity index (χ4n) is 5.27. The molecule has 46 heavy (non-hydrogen) atoms. The number of halogens is 9. The van der Waals surface area contributed by atoms with E-state index in [4.69, 9.17) is 11.6 Å². The van der Waals surface area contributed by atoms with Crippen molar-refractivity contribution in [3.8, 4) is 5.75 Å². The lowest BCUT2D eigenvalue weighted by atomic mass is 9.69. The highest BCUT2D eigenvalue weighted by atomic mass is 35.5. The first kappa shape index (κ1) is 32.7. The number of hydrogen-bond acceptors (Lipinski definition) is 4. The molecule has 1 aliphatic rings. The zero-order valence-corrected chi connectivity index (χ0v) is 24.1. The highest BCUT2D eigenvalue weighted by Crippen LogP contribution is 2.43. The third-order valence-electron chi connectivity index (χ3n) is 7.27. The minimum atomic E-state index is -4.73. The number of anilines is 1. The maximum Gasteiger partial charge on any atom is 0.417 e. The molecule has 0 spiro atoms. The van der Waals surface area contributed by atoms with Gasteiger partial charge in [0.05, 0.1) is 33.8 Å². The molecule has 240 valence electrons. The van der Waals surface area contributed by atoms with Gasteiger partial charge in [-0.1, -0.05) is 60.1 Å². The van der Waals surface area contributed by atoms with Crippen molar-refractivity contribution >= 4 is 28.9 Å². The summed E-state index contributed by atoms with van der Waals surface area (Å²) in [5.74, 6) is -0.776. The van der Waals surface area contributed by atoms with E-state index in [0.29, 0.717) is 11.1 Å². The standard InChI is InChI=1S/C32H22ClF8N3O2/c33-26-16-19(6-15-25(26)32(39,40)41)28-30(20-4-2-1-3-5-20,21-9-13-24(14-10-21)46-29(34)35)18-44(43-28)17-27(45)42-23-11-7-22(8-12-23)31(36,37)38/h1-16,29H,17-18H2,(H,42,45). The van der Waals surface area contributed by atoms with Crippen LogP contribution >= 0.6 is 11.6 Å². The molecule has 4 aromatic carbocycles. The lowest BCUT2D eigenvalue weighted by Crippen LogP contribution is -2.41. The summed E-state index contributed by atoms with van der Waals surface area (Å²) in [7, 11) is 0. The number of carbonyl (C=O) groups is 1. The van der Waals surface area contributed by atoms with Gasteiger partial charge in [-0.05, 0) is 59.7 Å². The molecule has 0 saturated heterocycles. The molecular formula is C32H22ClF8N3O2. The molecule has 0 aromatic heterocycles. The molecule has 0 saturated carbocycles. The Labute approximate surface area is 262 Å². The summed E-state index contributed by atoms with van der Waals surface area (Å²) >= 11 is 6.09. The average molecular weight is 668 g/mol. The minimum Gasteiger partial charge on any atom is -0.435 e. The van der Waals surface area contributed by atoms with Crippen LogP contribution in [-0.2, 0) is 22.6 Å². The summed E-state index contributed by atoms with van der Waals surface area (Å²) in [6.45, 7) is -3.52. The fraction of sp³-hybridized carbons (Fsp3) is 0.188. The van der Waals surface area contributed by atoms with Gasteiger partial charge in [-0.25, -0.2) is 0 Å². The van der Waals surface area contributed by atoms with Gasteiger partial charge >= 0.3 is 19.0 Å². The van der Waals surface area contributed by atoms with E-state index in [1.165, 1.54) is 35.3 Å². The van der Waals surface area contributed by atoms with Gasteiger partial charge in [0.1, 0.15) is 12.3 Å². The summed E-state index contributed by atoms with van der Waals surface area (Å²) in [4.78, 5) is 13.1. The number of hydrazone groups is 1.